The highest BCUT2D eigenvalue weighted by atomic mass is 127. The molecular formula is C19H38IN3O2. The molecule has 1 saturated heterocycles. The first-order valence-corrected chi connectivity index (χ1v) is 9.55. The van der Waals surface area contributed by atoms with E-state index in [0.29, 0.717) is 6.10 Å². The standard InChI is InChI=1S/C19H37N3O2.HI/c1-18(2,3)24-15-9-12-22(13-10-15)17(20-5)21-14-19(4)11-7-6-8-16(19)23;/h15-16,23H,6-14H2,1-5H3,(H,20,21);1H. The maximum Gasteiger partial charge on any atom is 0.193 e. The van der Waals surface area contributed by atoms with E-state index in [1.165, 1.54) is 6.42 Å². The Kier molecular flexibility index (Phi) is 8.94. The van der Waals surface area contributed by atoms with Crippen LogP contribution in [-0.2, 0) is 4.74 Å². The van der Waals surface area contributed by atoms with Gasteiger partial charge in [-0.25, -0.2) is 0 Å². The summed E-state index contributed by atoms with van der Waals surface area (Å²) in [6, 6.07) is 0. The fourth-order valence-electron chi connectivity index (χ4n) is 3.89. The maximum atomic E-state index is 10.4. The summed E-state index contributed by atoms with van der Waals surface area (Å²) in [5.74, 6) is 0.961. The molecule has 25 heavy (non-hydrogen) atoms. The fourth-order valence-corrected chi connectivity index (χ4v) is 3.89. The number of rotatable bonds is 3. The third kappa shape index (κ3) is 6.86. The van der Waals surface area contributed by atoms with Crippen LogP contribution in [0.5, 0.6) is 0 Å². The zero-order valence-corrected chi connectivity index (χ0v) is 19.0. The predicted octanol–water partition coefficient (Wildman–Crippen LogP) is 3.40. The van der Waals surface area contributed by atoms with E-state index in [1.807, 2.05) is 7.05 Å². The normalized spacial score (nSPS) is 29.3. The molecule has 0 amide bonds. The summed E-state index contributed by atoms with van der Waals surface area (Å²) in [5, 5.41) is 13.9. The van der Waals surface area contributed by atoms with E-state index >= 15 is 0 Å². The topological polar surface area (TPSA) is 57.1 Å². The molecule has 2 rings (SSSR count). The average Bonchev–Trinajstić information content (AvgIpc) is 2.51. The van der Waals surface area contributed by atoms with Crippen molar-refractivity contribution in [3.63, 3.8) is 0 Å². The molecule has 1 aliphatic heterocycles. The van der Waals surface area contributed by atoms with Crippen LogP contribution >= 0.6 is 24.0 Å². The minimum atomic E-state index is -0.206. The molecule has 1 saturated carbocycles. The molecule has 2 aliphatic rings. The van der Waals surface area contributed by atoms with Gasteiger partial charge in [0.15, 0.2) is 5.96 Å². The largest absolute Gasteiger partial charge is 0.392 e. The third-order valence-electron chi connectivity index (χ3n) is 5.40. The second-order valence-electron chi connectivity index (χ2n) is 8.73. The van der Waals surface area contributed by atoms with E-state index < -0.39 is 0 Å². The number of likely N-dealkylation sites (tertiary alicyclic amines) is 1. The Morgan fingerprint density at radius 1 is 1.24 bits per heavy atom. The van der Waals surface area contributed by atoms with Crippen molar-refractivity contribution in [2.75, 3.05) is 26.7 Å². The molecular weight excluding hydrogens is 429 g/mol. The second-order valence-corrected chi connectivity index (χ2v) is 8.73. The molecule has 2 atom stereocenters. The van der Waals surface area contributed by atoms with Gasteiger partial charge in [0, 0.05) is 32.1 Å². The number of halogens is 1. The Balaban J connectivity index is 0.00000312. The van der Waals surface area contributed by atoms with Crippen LogP contribution in [0, 0.1) is 5.41 Å². The van der Waals surface area contributed by atoms with Crippen LogP contribution in [0.2, 0.25) is 0 Å². The van der Waals surface area contributed by atoms with Crippen molar-refractivity contribution in [1.29, 1.82) is 0 Å². The Hall–Kier alpha value is -0.0800. The van der Waals surface area contributed by atoms with Gasteiger partial charge in [-0.2, -0.15) is 0 Å². The van der Waals surface area contributed by atoms with Gasteiger partial charge in [-0.3, -0.25) is 4.99 Å². The molecule has 2 N–H and O–H groups in total. The Labute approximate surface area is 171 Å². The van der Waals surface area contributed by atoms with Gasteiger partial charge in [0.2, 0.25) is 0 Å². The minimum absolute atomic E-state index is 0. The van der Waals surface area contributed by atoms with E-state index in [1.54, 1.807) is 0 Å². The van der Waals surface area contributed by atoms with Crippen molar-refractivity contribution < 1.29 is 9.84 Å². The number of aliphatic hydroxyl groups excluding tert-OH is 1. The first kappa shape index (κ1) is 23.0. The molecule has 2 fully saturated rings. The van der Waals surface area contributed by atoms with Crippen molar-refractivity contribution in [2.24, 2.45) is 10.4 Å². The molecule has 1 aliphatic carbocycles. The summed E-state index contributed by atoms with van der Waals surface area (Å²) in [4.78, 5) is 6.78. The first-order valence-electron chi connectivity index (χ1n) is 9.55. The zero-order valence-electron chi connectivity index (χ0n) is 16.7. The smallest absolute Gasteiger partial charge is 0.193 e. The van der Waals surface area contributed by atoms with Crippen molar-refractivity contribution in [3.8, 4) is 0 Å². The van der Waals surface area contributed by atoms with Gasteiger partial charge in [-0.05, 0) is 46.5 Å². The third-order valence-corrected chi connectivity index (χ3v) is 5.40. The molecule has 148 valence electrons. The number of nitrogens with zero attached hydrogens (tertiary/aromatic N) is 2. The minimum Gasteiger partial charge on any atom is -0.392 e. The molecule has 6 heteroatoms. The number of piperidine rings is 1. The van der Waals surface area contributed by atoms with Crippen molar-refractivity contribution in [3.05, 3.63) is 0 Å². The van der Waals surface area contributed by atoms with Gasteiger partial charge >= 0.3 is 0 Å². The van der Waals surface area contributed by atoms with E-state index in [-0.39, 0.29) is 41.1 Å². The van der Waals surface area contributed by atoms with Gasteiger partial charge in [0.1, 0.15) is 0 Å². The van der Waals surface area contributed by atoms with E-state index in [9.17, 15) is 5.11 Å². The van der Waals surface area contributed by atoms with E-state index in [2.05, 4.69) is 42.9 Å². The summed E-state index contributed by atoms with van der Waals surface area (Å²) >= 11 is 0. The molecule has 0 aromatic heterocycles. The Morgan fingerprint density at radius 2 is 1.88 bits per heavy atom. The monoisotopic (exact) mass is 467 g/mol. The summed E-state index contributed by atoms with van der Waals surface area (Å²) in [5.41, 5.74) is -0.111. The number of guanidine groups is 1. The molecule has 0 aromatic rings. The van der Waals surface area contributed by atoms with Crippen LogP contribution in [0.15, 0.2) is 4.99 Å². The molecule has 5 nitrogen and oxygen atoms in total. The predicted molar refractivity (Wildman–Crippen MR) is 115 cm³/mol. The number of aliphatic imine (C=N–C) groups is 1. The molecule has 0 spiro atoms. The maximum absolute atomic E-state index is 10.4. The Morgan fingerprint density at radius 3 is 2.40 bits per heavy atom. The van der Waals surface area contributed by atoms with Crippen molar-refractivity contribution in [2.45, 2.75) is 84.0 Å². The van der Waals surface area contributed by atoms with Crippen LogP contribution < -0.4 is 5.32 Å². The highest BCUT2D eigenvalue weighted by Crippen LogP contribution is 2.35. The van der Waals surface area contributed by atoms with Crippen molar-refractivity contribution >= 4 is 29.9 Å². The zero-order chi connectivity index (χ0) is 17.8. The number of aliphatic hydroxyl groups is 1. The SMILES string of the molecule is CN=C(NCC1(C)CCCCC1O)N1CCC(OC(C)(C)C)CC1.I. The first-order chi connectivity index (χ1) is 11.2. The lowest BCUT2D eigenvalue weighted by molar-refractivity contribution is -0.0773. The van der Waals surface area contributed by atoms with E-state index in [0.717, 1.165) is 57.7 Å². The number of ether oxygens (including phenoxy) is 1. The number of nitrogens with one attached hydrogen (secondary N) is 1. The summed E-state index contributed by atoms with van der Waals surface area (Å²) < 4.78 is 6.11. The van der Waals surface area contributed by atoms with Crippen LogP contribution in [0.25, 0.3) is 0 Å². The highest BCUT2D eigenvalue weighted by Gasteiger charge is 2.36. The molecule has 1 heterocycles. The van der Waals surface area contributed by atoms with Crippen LogP contribution in [0.3, 0.4) is 0 Å². The average molecular weight is 467 g/mol. The lowest BCUT2D eigenvalue weighted by Crippen LogP contribution is -2.52. The molecule has 0 radical (unpaired) electrons. The number of hydrogen-bond acceptors (Lipinski definition) is 3. The lowest BCUT2D eigenvalue weighted by atomic mass is 9.73. The number of hydrogen-bond donors (Lipinski definition) is 2. The van der Waals surface area contributed by atoms with Crippen LogP contribution in [0.4, 0.5) is 0 Å². The summed E-state index contributed by atoms with van der Waals surface area (Å²) in [6.07, 6.45) is 6.58. The Bertz CT molecular complexity index is 431. The van der Waals surface area contributed by atoms with Gasteiger partial charge in [0.05, 0.1) is 17.8 Å². The second kappa shape index (κ2) is 9.74. The van der Waals surface area contributed by atoms with Crippen LogP contribution in [0.1, 0.15) is 66.2 Å². The van der Waals surface area contributed by atoms with Gasteiger partial charge in [0.25, 0.3) is 0 Å². The van der Waals surface area contributed by atoms with Gasteiger partial charge in [-0.1, -0.05) is 19.8 Å². The molecule has 2 unspecified atom stereocenters. The van der Waals surface area contributed by atoms with Crippen LogP contribution in [-0.4, -0.2) is 60.5 Å². The quantitative estimate of drug-likeness (QED) is 0.380. The molecule has 0 aromatic carbocycles. The fraction of sp³-hybridized carbons (Fsp3) is 0.947. The highest BCUT2D eigenvalue weighted by molar-refractivity contribution is 14.0. The van der Waals surface area contributed by atoms with Gasteiger partial charge < -0.3 is 20.1 Å². The lowest BCUT2D eigenvalue weighted by Gasteiger charge is -2.41. The van der Waals surface area contributed by atoms with Gasteiger partial charge in [-0.15, -0.1) is 24.0 Å². The summed E-state index contributed by atoms with van der Waals surface area (Å²) in [7, 11) is 1.85. The van der Waals surface area contributed by atoms with Crippen molar-refractivity contribution in [1.82, 2.24) is 10.2 Å². The van der Waals surface area contributed by atoms with E-state index in [4.69, 9.17) is 4.74 Å². The molecule has 0 bridgehead atoms. The summed E-state index contributed by atoms with van der Waals surface area (Å²) in [6.45, 7) is 11.3.